The molecule has 0 atom stereocenters. The molecule has 0 bridgehead atoms. The van der Waals surface area contributed by atoms with Crippen molar-refractivity contribution in [3.8, 4) is 0 Å². The summed E-state index contributed by atoms with van der Waals surface area (Å²) < 4.78 is 1.95. The number of nitrogens with zero attached hydrogens (tertiary/aromatic N) is 3. The van der Waals surface area contributed by atoms with Crippen LogP contribution in [0.5, 0.6) is 0 Å². The molecule has 0 aliphatic rings. The lowest BCUT2D eigenvalue weighted by molar-refractivity contribution is 0.681. The van der Waals surface area contributed by atoms with Crippen molar-refractivity contribution in [1.82, 2.24) is 9.55 Å². The molecule has 0 radical (unpaired) electrons. The first kappa shape index (κ1) is 11.6. The highest BCUT2D eigenvalue weighted by Gasteiger charge is 1.85. The van der Waals surface area contributed by atoms with Crippen molar-refractivity contribution in [3.05, 3.63) is 36.9 Å². The molecule has 13 heavy (non-hydrogen) atoms. The van der Waals surface area contributed by atoms with Crippen LogP contribution < -0.4 is 5.62 Å². The van der Waals surface area contributed by atoms with Crippen LogP contribution in [0.15, 0.2) is 36.2 Å². The van der Waals surface area contributed by atoms with E-state index in [-0.39, 0.29) is 0 Å². The van der Waals surface area contributed by atoms with Crippen molar-refractivity contribution in [1.29, 1.82) is 0 Å². The van der Waals surface area contributed by atoms with Crippen LogP contribution >= 0.6 is 0 Å². The summed E-state index contributed by atoms with van der Waals surface area (Å²) in [6.07, 6.45) is 5.15. The van der Waals surface area contributed by atoms with Gasteiger partial charge >= 0.3 is 0 Å². The van der Waals surface area contributed by atoms with Crippen LogP contribution in [0.3, 0.4) is 0 Å². The molecule has 0 spiro atoms. The average Bonchev–Trinajstić information content (AvgIpc) is 2.22. The molecular formula is C10H17N3. The van der Waals surface area contributed by atoms with Crippen molar-refractivity contribution >= 4 is 0 Å². The van der Waals surface area contributed by atoms with E-state index >= 15 is 0 Å². The maximum atomic E-state index is 4.06. The van der Waals surface area contributed by atoms with Crippen LogP contribution in [0.2, 0.25) is 0 Å². The van der Waals surface area contributed by atoms with E-state index in [0.717, 1.165) is 6.54 Å². The Hall–Kier alpha value is -1.38. The van der Waals surface area contributed by atoms with E-state index in [9.17, 15) is 0 Å². The van der Waals surface area contributed by atoms with E-state index < -0.39 is 0 Å². The Bertz CT molecular complexity index is 299. The maximum absolute atomic E-state index is 4.06. The van der Waals surface area contributed by atoms with Crippen LogP contribution in [0, 0.1) is 0 Å². The highest BCUT2D eigenvalue weighted by Crippen LogP contribution is 1.77. The van der Waals surface area contributed by atoms with Gasteiger partial charge in [-0.2, -0.15) is 0 Å². The second kappa shape index (κ2) is 7.28. The fourth-order valence-electron chi connectivity index (χ4n) is 0.829. The van der Waals surface area contributed by atoms with E-state index in [4.69, 9.17) is 0 Å². The van der Waals surface area contributed by atoms with Gasteiger partial charge in [-0.3, -0.25) is 0 Å². The van der Waals surface area contributed by atoms with Gasteiger partial charge < -0.3 is 4.57 Å². The molecule has 0 aliphatic heterocycles. The van der Waals surface area contributed by atoms with Gasteiger partial charge in [0.15, 0.2) is 0 Å². The number of aryl methyl sites for hydroxylation is 1. The standard InChI is InChI=1S/C8H11N3.C2H6/c1-3-9-8-10-6-5-7-11(8)4-2;1-2/h3,5-7H,1,4H2,2H3;1-2H3. The molecule has 0 aliphatic carbocycles. The first-order valence-electron chi connectivity index (χ1n) is 4.54. The minimum Gasteiger partial charge on any atom is -0.317 e. The summed E-state index contributed by atoms with van der Waals surface area (Å²) >= 11 is 0. The van der Waals surface area contributed by atoms with E-state index in [1.165, 1.54) is 6.20 Å². The zero-order valence-corrected chi connectivity index (χ0v) is 8.57. The third-order valence-corrected chi connectivity index (χ3v) is 1.35. The summed E-state index contributed by atoms with van der Waals surface area (Å²) in [6, 6.07) is 1.88. The summed E-state index contributed by atoms with van der Waals surface area (Å²) in [7, 11) is 0. The Morgan fingerprint density at radius 2 is 2.31 bits per heavy atom. The highest BCUT2D eigenvalue weighted by molar-refractivity contribution is 4.81. The molecule has 3 heteroatoms. The monoisotopic (exact) mass is 179 g/mol. The second-order valence-electron chi connectivity index (χ2n) is 2.02. The van der Waals surface area contributed by atoms with Crippen molar-refractivity contribution in [2.24, 2.45) is 4.99 Å². The minimum atomic E-state index is 0.699. The summed E-state index contributed by atoms with van der Waals surface area (Å²) in [5, 5.41) is 0. The lowest BCUT2D eigenvalue weighted by atomic mass is 10.6. The Morgan fingerprint density at radius 1 is 1.62 bits per heavy atom. The van der Waals surface area contributed by atoms with Gasteiger partial charge in [-0.15, -0.1) is 0 Å². The Morgan fingerprint density at radius 3 is 2.85 bits per heavy atom. The van der Waals surface area contributed by atoms with Gasteiger partial charge in [0, 0.05) is 25.1 Å². The summed E-state index contributed by atoms with van der Waals surface area (Å²) in [5.74, 6) is 0. The molecule has 1 aromatic rings. The van der Waals surface area contributed by atoms with Gasteiger partial charge in [0.25, 0.3) is 0 Å². The molecule has 1 rings (SSSR count). The molecule has 72 valence electrons. The molecule has 0 amide bonds. The van der Waals surface area contributed by atoms with Crippen molar-refractivity contribution in [2.75, 3.05) is 0 Å². The predicted octanol–water partition coefficient (Wildman–Crippen LogP) is 1.97. The van der Waals surface area contributed by atoms with Crippen molar-refractivity contribution in [2.45, 2.75) is 27.3 Å². The molecule has 0 fully saturated rings. The molecule has 0 saturated carbocycles. The SMILES string of the molecule is C=CN=c1ncccn1CC.CC. The Labute approximate surface area is 79.5 Å². The number of rotatable bonds is 2. The van der Waals surface area contributed by atoms with Crippen LogP contribution in [-0.4, -0.2) is 9.55 Å². The van der Waals surface area contributed by atoms with Crippen LogP contribution in [0.25, 0.3) is 0 Å². The normalized spacial score (nSPS) is 10.2. The minimum absolute atomic E-state index is 0.699. The Balaban J connectivity index is 0.000000671. The van der Waals surface area contributed by atoms with Crippen LogP contribution in [0.1, 0.15) is 20.8 Å². The lowest BCUT2D eigenvalue weighted by Crippen LogP contribution is -2.21. The lowest BCUT2D eigenvalue weighted by Gasteiger charge is -1.99. The van der Waals surface area contributed by atoms with E-state index in [0.29, 0.717) is 5.62 Å². The fourth-order valence-corrected chi connectivity index (χ4v) is 0.829. The highest BCUT2D eigenvalue weighted by atomic mass is 15.1. The van der Waals surface area contributed by atoms with Crippen molar-refractivity contribution in [3.63, 3.8) is 0 Å². The Kier molecular flexibility index (Phi) is 6.51. The van der Waals surface area contributed by atoms with Gasteiger partial charge in [0.1, 0.15) is 0 Å². The van der Waals surface area contributed by atoms with Crippen LogP contribution in [-0.2, 0) is 6.54 Å². The summed E-state index contributed by atoms with van der Waals surface area (Å²) in [4.78, 5) is 8.06. The van der Waals surface area contributed by atoms with Gasteiger partial charge in [-0.1, -0.05) is 20.4 Å². The number of hydrogen-bond acceptors (Lipinski definition) is 2. The molecule has 0 unspecified atom stereocenters. The van der Waals surface area contributed by atoms with Crippen LogP contribution in [0.4, 0.5) is 0 Å². The zero-order chi connectivity index (χ0) is 10.1. The largest absolute Gasteiger partial charge is 0.317 e. The number of hydrogen-bond donors (Lipinski definition) is 0. The van der Waals surface area contributed by atoms with Crippen molar-refractivity contribution < 1.29 is 0 Å². The smallest absolute Gasteiger partial charge is 0.229 e. The molecule has 0 saturated heterocycles. The van der Waals surface area contributed by atoms with E-state index in [2.05, 4.69) is 16.6 Å². The topological polar surface area (TPSA) is 30.2 Å². The first-order chi connectivity index (χ1) is 6.38. The molecular weight excluding hydrogens is 162 g/mol. The molecule has 0 N–H and O–H groups in total. The predicted molar refractivity (Wildman–Crippen MR) is 55.0 cm³/mol. The fraction of sp³-hybridized carbons (Fsp3) is 0.400. The first-order valence-corrected chi connectivity index (χ1v) is 4.54. The van der Waals surface area contributed by atoms with Gasteiger partial charge in [-0.25, -0.2) is 9.98 Å². The summed E-state index contributed by atoms with van der Waals surface area (Å²) in [6.45, 7) is 10.4. The molecule has 3 nitrogen and oxygen atoms in total. The zero-order valence-electron chi connectivity index (χ0n) is 8.57. The third kappa shape index (κ3) is 3.69. The second-order valence-corrected chi connectivity index (χ2v) is 2.02. The third-order valence-electron chi connectivity index (χ3n) is 1.35. The van der Waals surface area contributed by atoms with E-state index in [1.807, 2.05) is 37.6 Å². The number of aromatic nitrogens is 2. The van der Waals surface area contributed by atoms with Gasteiger partial charge in [0.05, 0.1) is 0 Å². The maximum Gasteiger partial charge on any atom is 0.229 e. The molecule has 1 heterocycles. The molecule has 1 aromatic heterocycles. The van der Waals surface area contributed by atoms with E-state index in [1.54, 1.807) is 6.20 Å². The molecule has 0 aromatic carbocycles. The summed E-state index contributed by atoms with van der Waals surface area (Å²) in [5.41, 5.74) is 0.699. The quantitative estimate of drug-likeness (QED) is 0.682. The van der Waals surface area contributed by atoms with Gasteiger partial charge in [0.2, 0.25) is 5.62 Å². The van der Waals surface area contributed by atoms with Gasteiger partial charge in [-0.05, 0) is 13.0 Å². The average molecular weight is 179 g/mol.